The number of rotatable bonds is 0. The lowest BCUT2D eigenvalue weighted by molar-refractivity contribution is 0.595. The van der Waals surface area contributed by atoms with Crippen LogP contribution in [0.15, 0.2) is 48.5 Å². The van der Waals surface area contributed by atoms with Crippen molar-refractivity contribution in [1.82, 2.24) is 0 Å². The number of hydrogen-bond donors (Lipinski definition) is 0. The molecule has 0 N–H and O–H groups in total. The molecule has 0 saturated heterocycles. The first-order chi connectivity index (χ1) is 13.2. The first kappa shape index (κ1) is 22.2. The van der Waals surface area contributed by atoms with Gasteiger partial charge in [0.2, 0.25) is 0 Å². The average molecular weight is 375 g/mol. The van der Waals surface area contributed by atoms with Crippen molar-refractivity contribution in [2.45, 2.75) is 80.1 Å². The minimum absolute atomic E-state index is 0.136. The van der Waals surface area contributed by atoms with Crippen LogP contribution in [0.5, 0.6) is 0 Å². The fraction of sp³-hybridized carbons (Fsp3) is 0.429. The van der Waals surface area contributed by atoms with Crippen LogP contribution in [0.2, 0.25) is 0 Å². The quantitative estimate of drug-likeness (QED) is 0.269. The van der Waals surface area contributed by atoms with E-state index in [0.29, 0.717) is 0 Å². The molecule has 0 spiro atoms. The van der Waals surface area contributed by atoms with Gasteiger partial charge in [-0.1, -0.05) is 106 Å². The van der Waals surface area contributed by atoms with Gasteiger partial charge in [-0.2, -0.15) is 0 Å². The smallest absolute Gasteiger partial charge is 0.00236 e. The molecule has 0 heteroatoms. The van der Waals surface area contributed by atoms with Crippen LogP contribution in [0.3, 0.4) is 0 Å². The van der Waals surface area contributed by atoms with E-state index in [1.54, 1.807) is 0 Å². The third kappa shape index (κ3) is 3.75. The fourth-order valence-electron chi connectivity index (χ4n) is 4.10. The van der Waals surface area contributed by atoms with Gasteiger partial charge in [0.25, 0.3) is 0 Å². The van der Waals surface area contributed by atoms with E-state index in [4.69, 9.17) is 0 Å². The lowest BCUT2D eigenvalue weighted by atomic mass is 9.77. The monoisotopic (exact) mass is 374 g/mol. The van der Waals surface area contributed by atoms with Crippen molar-refractivity contribution >= 4 is 32.3 Å². The molecule has 0 radical (unpaired) electrons. The van der Waals surface area contributed by atoms with E-state index in [-0.39, 0.29) is 10.8 Å². The van der Waals surface area contributed by atoms with E-state index in [1.165, 1.54) is 43.4 Å². The van der Waals surface area contributed by atoms with Gasteiger partial charge in [0.1, 0.15) is 0 Å². The highest BCUT2D eigenvalue weighted by Crippen LogP contribution is 2.43. The maximum absolute atomic E-state index is 2.41. The second-order valence-corrected chi connectivity index (χ2v) is 9.16. The zero-order valence-corrected chi connectivity index (χ0v) is 19.6. The van der Waals surface area contributed by atoms with Crippen molar-refractivity contribution in [2.24, 2.45) is 0 Å². The van der Waals surface area contributed by atoms with E-state index in [9.17, 15) is 0 Å². The highest BCUT2D eigenvalue weighted by atomic mass is 14.3. The second kappa shape index (κ2) is 8.11. The highest BCUT2D eigenvalue weighted by Gasteiger charge is 2.23. The Balaban J connectivity index is 0.000000660. The van der Waals surface area contributed by atoms with Crippen molar-refractivity contribution in [3.63, 3.8) is 0 Å². The molecule has 4 aromatic rings. The molecular weight excluding hydrogens is 336 g/mol. The summed E-state index contributed by atoms with van der Waals surface area (Å²) < 4.78 is 0. The molecule has 0 amide bonds. The van der Waals surface area contributed by atoms with Gasteiger partial charge in [-0.05, 0) is 66.4 Å². The SMILES string of the molecule is CC.CC.CC(C)(C)c1cc2cccc3c(C(C)(C)C)cc4cccc1c4c23. The predicted octanol–water partition coefficient (Wildman–Crippen LogP) is 9.23. The van der Waals surface area contributed by atoms with Crippen molar-refractivity contribution in [3.05, 3.63) is 59.7 Å². The maximum atomic E-state index is 2.41. The Morgan fingerprint density at radius 1 is 0.500 bits per heavy atom. The van der Waals surface area contributed by atoms with Crippen LogP contribution in [0.4, 0.5) is 0 Å². The van der Waals surface area contributed by atoms with E-state index in [0.717, 1.165) is 0 Å². The topological polar surface area (TPSA) is 0 Å². The van der Waals surface area contributed by atoms with E-state index >= 15 is 0 Å². The number of benzene rings is 4. The van der Waals surface area contributed by atoms with Crippen molar-refractivity contribution in [3.8, 4) is 0 Å². The average Bonchev–Trinajstić information content (AvgIpc) is 2.67. The highest BCUT2D eigenvalue weighted by molar-refractivity contribution is 6.24. The van der Waals surface area contributed by atoms with Gasteiger partial charge in [0, 0.05) is 0 Å². The standard InChI is InChI=1S/C24H26.2C2H6/c1-23(2,3)19-13-15-9-8-12-18-20(24(4,5)6)14-16-10-7-11-17(19)21(16)22(15)18;2*1-2/h7-14H,1-6H3;2*1-2H3. The molecule has 0 saturated carbocycles. The summed E-state index contributed by atoms with van der Waals surface area (Å²) in [5.41, 5.74) is 3.15. The molecule has 150 valence electrons. The Kier molecular flexibility index (Phi) is 6.44. The summed E-state index contributed by atoms with van der Waals surface area (Å²) in [7, 11) is 0. The second-order valence-electron chi connectivity index (χ2n) is 9.16. The molecule has 4 rings (SSSR count). The van der Waals surface area contributed by atoms with Crippen LogP contribution in [-0.4, -0.2) is 0 Å². The molecule has 0 aliphatic carbocycles. The summed E-state index contributed by atoms with van der Waals surface area (Å²) in [6.45, 7) is 21.9. The zero-order chi connectivity index (χ0) is 21.3. The molecule has 0 nitrogen and oxygen atoms in total. The van der Waals surface area contributed by atoms with Gasteiger partial charge in [-0.15, -0.1) is 0 Å². The maximum Gasteiger partial charge on any atom is -0.00236 e. The molecule has 0 unspecified atom stereocenters. The largest absolute Gasteiger partial charge is 0.0683 e. The first-order valence-corrected chi connectivity index (χ1v) is 10.9. The van der Waals surface area contributed by atoms with Gasteiger partial charge < -0.3 is 0 Å². The van der Waals surface area contributed by atoms with Crippen molar-refractivity contribution in [1.29, 1.82) is 0 Å². The van der Waals surface area contributed by atoms with Crippen LogP contribution in [0, 0.1) is 0 Å². The van der Waals surface area contributed by atoms with E-state index in [1.807, 2.05) is 27.7 Å². The Hall–Kier alpha value is -2.08. The summed E-state index contributed by atoms with van der Waals surface area (Å²) in [5.74, 6) is 0. The Bertz CT molecular complexity index is 965. The van der Waals surface area contributed by atoms with Crippen molar-refractivity contribution in [2.75, 3.05) is 0 Å². The molecule has 0 aromatic heterocycles. The van der Waals surface area contributed by atoms with Gasteiger partial charge in [-0.25, -0.2) is 0 Å². The third-order valence-corrected chi connectivity index (χ3v) is 5.24. The normalized spacial score (nSPS) is 11.9. The Labute approximate surface area is 172 Å². The number of hydrogen-bond acceptors (Lipinski definition) is 0. The van der Waals surface area contributed by atoms with Crippen LogP contribution in [-0.2, 0) is 10.8 Å². The van der Waals surface area contributed by atoms with Crippen LogP contribution in [0.1, 0.15) is 80.4 Å². The summed E-state index contributed by atoms with van der Waals surface area (Å²) in [5, 5.41) is 8.42. The molecule has 0 atom stereocenters. The van der Waals surface area contributed by atoms with Gasteiger partial charge >= 0.3 is 0 Å². The molecule has 0 aliphatic rings. The molecule has 4 aromatic carbocycles. The minimum atomic E-state index is 0.136. The Morgan fingerprint density at radius 3 is 1.11 bits per heavy atom. The summed E-state index contributed by atoms with van der Waals surface area (Å²) in [4.78, 5) is 0. The van der Waals surface area contributed by atoms with E-state index in [2.05, 4.69) is 90.1 Å². The molecular formula is C28H38. The van der Waals surface area contributed by atoms with Gasteiger partial charge in [0.15, 0.2) is 0 Å². The van der Waals surface area contributed by atoms with Crippen molar-refractivity contribution < 1.29 is 0 Å². The molecule has 28 heavy (non-hydrogen) atoms. The first-order valence-electron chi connectivity index (χ1n) is 10.9. The van der Waals surface area contributed by atoms with Crippen LogP contribution in [0.25, 0.3) is 32.3 Å². The fourth-order valence-corrected chi connectivity index (χ4v) is 4.10. The third-order valence-electron chi connectivity index (χ3n) is 5.24. The summed E-state index contributed by atoms with van der Waals surface area (Å²) in [6.07, 6.45) is 0. The molecule has 0 fully saturated rings. The summed E-state index contributed by atoms with van der Waals surface area (Å²) in [6, 6.07) is 18.4. The van der Waals surface area contributed by atoms with Gasteiger partial charge in [0.05, 0.1) is 0 Å². The molecule has 0 aliphatic heterocycles. The lowest BCUT2D eigenvalue weighted by Crippen LogP contribution is -2.14. The van der Waals surface area contributed by atoms with Gasteiger partial charge in [-0.3, -0.25) is 0 Å². The molecule has 0 heterocycles. The summed E-state index contributed by atoms with van der Waals surface area (Å²) >= 11 is 0. The van der Waals surface area contributed by atoms with E-state index < -0.39 is 0 Å². The molecule has 0 bridgehead atoms. The van der Waals surface area contributed by atoms with Crippen LogP contribution >= 0.6 is 0 Å². The van der Waals surface area contributed by atoms with Crippen LogP contribution < -0.4 is 0 Å². The Morgan fingerprint density at radius 2 is 0.821 bits per heavy atom. The minimum Gasteiger partial charge on any atom is -0.0683 e. The predicted molar refractivity (Wildman–Crippen MR) is 130 cm³/mol. The lowest BCUT2D eigenvalue weighted by Gasteiger charge is -2.27. The zero-order valence-electron chi connectivity index (χ0n) is 19.6.